The topological polar surface area (TPSA) is 184 Å². The van der Waals surface area contributed by atoms with Crippen molar-refractivity contribution in [2.24, 2.45) is 0 Å². The number of aryl methyl sites for hydroxylation is 2. The number of carbonyl (C=O) groups is 3. The van der Waals surface area contributed by atoms with Gasteiger partial charge in [0, 0.05) is 12.5 Å². The molecular weight excluding hydrogens is 490 g/mol. The SMILES string of the molecule is COc1ccc2cc3[n+](cc2c1O)CCc1cc2c(cc1-3)OCO2.O=C(O)CC(O)(CC(=O)O)C(=O)O. The molecule has 0 saturated carbocycles. The number of ether oxygens (including phenoxy) is 3. The highest BCUT2D eigenvalue weighted by Gasteiger charge is 2.40. The quantitative estimate of drug-likeness (QED) is 0.301. The molecule has 0 fully saturated rings. The van der Waals surface area contributed by atoms with E-state index in [0.29, 0.717) is 5.75 Å². The van der Waals surface area contributed by atoms with E-state index in [0.717, 1.165) is 46.5 Å². The number of aromatic hydroxyl groups is 1. The second-order valence-electron chi connectivity index (χ2n) is 8.56. The molecule has 0 radical (unpaired) electrons. The van der Waals surface area contributed by atoms with Crippen molar-refractivity contribution in [3.05, 3.63) is 42.1 Å². The number of hydrogen-bond donors (Lipinski definition) is 5. The molecule has 3 heterocycles. The molecule has 2 aromatic carbocycles. The van der Waals surface area contributed by atoms with Crippen LogP contribution in [0.15, 0.2) is 36.5 Å². The number of phenols is 1. The summed E-state index contributed by atoms with van der Waals surface area (Å²) < 4.78 is 18.4. The average Bonchev–Trinajstić information content (AvgIpc) is 3.29. The van der Waals surface area contributed by atoms with Gasteiger partial charge in [-0.25, -0.2) is 4.79 Å². The molecule has 0 unspecified atom stereocenters. The number of pyridine rings is 1. The Morgan fingerprint density at radius 1 is 1.03 bits per heavy atom. The maximum atomic E-state index is 10.4. The molecule has 12 heteroatoms. The van der Waals surface area contributed by atoms with Gasteiger partial charge in [0.25, 0.3) is 0 Å². The van der Waals surface area contributed by atoms with Crippen molar-refractivity contribution in [1.29, 1.82) is 0 Å². The van der Waals surface area contributed by atoms with Crippen LogP contribution in [0.2, 0.25) is 0 Å². The molecule has 5 rings (SSSR count). The van der Waals surface area contributed by atoms with E-state index in [1.807, 2.05) is 12.3 Å². The molecule has 0 aliphatic carbocycles. The zero-order valence-corrected chi connectivity index (χ0v) is 19.6. The Labute approximate surface area is 209 Å². The molecular formula is C25H24NO11+. The molecule has 194 valence electrons. The van der Waals surface area contributed by atoms with E-state index in [4.69, 9.17) is 34.6 Å². The summed E-state index contributed by atoms with van der Waals surface area (Å²) in [6.45, 7) is 1.14. The number of methoxy groups -OCH3 is 1. The Bertz CT molecular complexity index is 1400. The summed E-state index contributed by atoms with van der Waals surface area (Å²) in [6, 6.07) is 10.00. The standard InChI is InChI=1S/C19H15NO4.C6H8O7/c1-22-16-3-2-11-6-15-13-8-18-17(23-10-24-18)7-12(13)4-5-20(15)9-14(11)19(16)21;7-3(8)1-6(13,5(11)12)2-4(9)10/h2-3,6-9H,4-5,10H2,1H3;13H,1-2H2,(H,7,8)(H,9,10)(H,11,12)/p+1. The van der Waals surface area contributed by atoms with E-state index in [1.54, 1.807) is 13.2 Å². The van der Waals surface area contributed by atoms with Crippen LogP contribution in [0.5, 0.6) is 23.0 Å². The first-order valence-corrected chi connectivity index (χ1v) is 11.1. The normalized spacial score (nSPS) is 13.1. The Morgan fingerprint density at radius 2 is 1.68 bits per heavy atom. The zero-order valence-electron chi connectivity index (χ0n) is 19.6. The van der Waals surface area contributed by atoms with Gasteiger partial charge in [0.05, 0.1) is 30.9 Å². The van der Waals surface area contributed by atoms with Crippen LogP contribution in [0.25, 0.3) is 22.0 Å². The molecule has 0 atom stereocenters. The van der Waals surface area contributed by atoms with Crippen molar-refractivity contribution in [2.75, 3.05) is 13.9 Å². The number of aromatic nitrogens is 1. The number of fused-ring (bicyclic) bond motifs is 5. The Balaban J connectivity index is 0.000000212. The fourth-order valence-corrected chi connectivity index (χ4v) is 4.29. The molecule has 0 saturated heterocycles. The first kappa shape index (κ1) is 25.5. The van der Waals surface area contributed by atoms with Gasteiger partial charge < -0.3 is 39.7 Å². The van der Waals surface area contributed by atoms with E-state index in [9.17, 15) is 19.5 Å². The molecule has 2 aliphatic rings. The smallest absolute Gasteiger partial charge is 0.336 e. The third-order valence-electron chi connectivity index (χ3n) is 6.10. The van der Waals surface area contributed by atoms with E-state index < -0.39 is 36.4 Å². The van der Waals surface area contributed by atoms with Gasteiger partial charge in [-0.1, -0.05) is 0 Å². The lowest BCUT2D eigenvalue weighted by atomic mass is 9.95. The maximum absolute atomic E-state index is 10.4. The van der Waals surface area contributed by atoms with Crippen molar-refractivity contribution < 1.29 is 58.7 Å². The molecule has 37 heavy (non-hydrogen) atoms. The van der Waals surface area contributed by atoms with Crippen LogP contribution in [0, 0.1) is 0 Å². The summed E-state index contributed by atoms with van der Waals surface area (Å²) in [7, 11) is 1.56. The Kier molecular flexibility index (Phi) is 6.77. The summed E-state index contributed by atoms with van der Waals surface area (Å²) >= 11 is 0. The second kappa shape index (κ2) is 9.82. The summed E-state index contributed by atoms with van der Waals surface area (Å²) in [4.78, 5) is 30.5. The van der Waals surface area contributed by atoms with Gasteiger partial charge in [-0.3, -0.25) is 9.59 Å². The molecule has 12 nitrogen and oxygen atoms in total. The predicted molar refractivity (Wildman–Crippen MR) is 125 cm³/mol. The van der Waals surface area contributed by atoms with Crippen LogP contribution in [0.3, 0.4) is 0 Å². The van der Waals surface area contributed by atoms with Crippen LogP contribution >= 0.6 is 0 Å². The van der Waals surface area contributed by atoms with Gasteiger partial charge in [-0.05, 0) is 35.2 Å². The van der Waals surface area contributed by atoms with Crippen molar-refractivity contribution >= 4 is 28.7 Å². The molecule has 5 N–H and O–H groups in total. The fourth-order valence-electron chi connectivity index (χ4n) is 4.29. The Hall–Kier alpha value is -4.58. The summed E-state index contributed by atoms with van der Waals surface area (Å²) in [5.74, 6) is -2.73. The van der Waals surface area contributed by atoms with Gasteiger partial charge in [-0.2, -0.15) is 4.57 Å². The monoisotopic (exact) mass is 514 g/mol. The van der Waals surface area contributed by atoms with E-state index in [1.165, 1.54) is 5.56 Å². The number of benzene rings is 2. The minimum atomic E-state index is -2.74. The number of carboxylic acids is 3. The highest BCUT2D eigenvalue weighted by Crippen LogP contribution is 2.41. The van der Waals surface area contributed by atoms with Gasteiger partial charge >= 0.3 is 17.9 Å². The average molecular weight is 514 g/mol. The summed E-state index contributed by atoms with van der Waals surface area (Å²) in [5.41, 5.74) is 0.795. The van der Waals surface area contributed by atoms with Crippen LogP contribution in [-0.4, -0.2) is 62.9 Å². The first-order chi connectivity index (χ1) is 17.5. The number of rotatable bonds is 6. The summed E-state index contributed by atoms with van der Waals surface area (Å²) in [6.07, 6.45) is 0.624. The first-order valence-electron chi connectivity index (χ1n) is 11.1. The highest BCUT2D eigenvalue weighted by atomic mass is 16.7. The lowest BCUT2D eigenvalue weighted by Crippen LogP contribution is -2.42. The Morgan fingerprint density at radius 3 is 2.27 bits per heavy atom. The van der Waals surface area contributed by atoms with Crippen LogP contribution < -0.4 is 18.8 Å². The minimum absolute atomic E-state index is 0.182. The minimum Gasteiger partial charge on any atom is -0.504 e. The molecule has 2 aliphatic heterocycles. The van der Waals surface area contributed by atoms with Gasteiger partial charge in [0.2, 0.25) is 12.5 Å². The van der Waals surface area contributed by atoms with Crippen LogP contribution in [-0.2, 0) is 27.3 Å². The van der Waals surface area contributed by atoms with E-state index >= 15 is 0 Å². The largest absolute Gasteiger partial charge is 0.504 e. The van der Waals surface area contributed by atoms with Gasteiger partial charge in [-0.15, -0.1) is 0 Å². The second-order valence-corrected chi connectivity index (χ2v) is 8.56. The molecule has 3 aromatic rings. The van der Waals surface area contributed by atoms with Gasteiger partial charge in [0.15, 0.2) is 41.3 Å². The van der Waals surface area contributed by atoms with E-state index in [2.05, 4.69) is 22.8 Å². The number of nitrogens with zero attached hydrogens (tertiary/aromatic N) is 1. The number of aliphatic carboxylic acids is 3. The third kappa shape index (κ3) is 5.05. The zero-order chi connectivity index (χ0) is 26.9. The van der Waals surface area contributed by atoms with Crippen molar-refractivity contribution in [1.82, 2.24) is 0 Å². The molecule has 0 spiro atoms. The number of aliphatic hydroxyl groups is 1. The third-order valence-corrected chi connectivity index (χ3v) is 6.10. The van der Waals surface area contributed by atoms with Crippen LogP contribution in [0.4, 0.5) is 0 Å². The number of carboxylic acid groups (broad SMARTS) is 3. The summed E-state index contributed by atoms with van der Waals surface area (Å²) in [5, 5.41) is 46.0. The van der Waals surface area contributed by atoms with Crippen molar-refractivity contribution in [3.63, 3.8) is 0 Å². The predicted octanol–water partition coefficient (Wildman–Crippen LogP) is 1.54. The highest BCUT2D eigenvalue weighted by molar-refractivity contribution is 5.91. The fraction of sp³-hybridized carbons (Fsp3) is 0.280. The van der Waals surface area contributed by atoms with E-state index in [-0.39, 0.29) is 12.5 Å². The van der Waals surface area contributed by atoms with Crippen molar-refractivity contribution in [3.8, 4) is 34.3 Å². The molecule has 0 bridgehead atoms. The number of hydrogen-bond acceptors (Lipinski definition) is 8. The maximum Gasteiger partial charge on any atom is 0.336 e. The van der Waals surface area contributed by atoms with Gasteiger partial charge in [0.1, 0.15) is 0 Å². The van der Waals surface area contributed by atoms with Crippen molar-refractivity contribution in [2.45, 2.75) is 31.4 Å². The molecule has 0 amide bonds. The number of phenolic OH excluding ortho intramolecular Hbond substituents is 1. The van der Waals surface area contributed by atoms with Crippen LogP contribution in [0.1, 0.15) is 18.4 Å². The lowest BCUT2D eigenvalue weighted by Gasteiger charge is -2.18. The lowest BCUT2D eigenvalue weighted by molar-refractivity contribution is -0.686. The molecule has 1 aromatic heterocycles.